The lowest BCUT2D eigenvalue weighted by Crippen LogP contribution is -2.24. The van der Waals surface area contributed by atoms with Crippen molar-refractivity contribution in [1.82, 2.24) is 30.2 Å². The Morgan fingerprint density at radius 3 is 2.88 bits per heavy atom. The monoisotopic (exact) mass is 346 g/mol. The first-order valence-corrected chi connectivity index (χ1v) is 7.90. The van der Waals surface area contributed by atoms with E-state index in [0.29, 0.717) is 11.6 Å². The van der Waals surface area contributed by atoms with E-state index in [0.717, 1.165) is 11.1 Å². The molecule has 4 heterocycles. The predicted octanol–water partition coefficient (Wildman–Crippen LogP) is 2.25. The van der Waals surface area contributed by atoms with E-state index in [1.807, 2.05) is 24.3 Å². The minimum absolute atomic E-state index is 0.202. The van der Waals surface area contributed by atoms with E-state index < -0.39 is 0 Å². The second-order valence-electron chi connectivity index (χ2n) is 5.44. The van der Waals surface area contributed by atoms with Crippen LogP contribution in [0.15, 0.2) is 71.9 Å². The third-order valence-corrected chi connectivity index (χ3v) is 3.72. The predicted molar refractivity (Wildman–Crippen MR) is 92.3 cm³/mol. The molecule has 0 bridgehead atoms. The van der Waals surface area contributed by atoms with Crippen LogP contribution in [0, 0.1) is 0 Å². The van der Waals surface area contributed by atoms with Crippen molar-refractivity contribution in [1.29, 1.82) is 0 Å². The van der Waals surface area contributed by atoms with Crippen LogP contribution in [0.2, 0.25) is 0 Å². The third-order valence-electron chi connectivity index (χ3n) is 3.72. The molecule has 0 radical (unpaired) electrons. The van der Waals surface area contributed by atoms with E-state index >= 15 is 0 Å². The molecule has 8 heteroatoms. The van der Waals surface area contributed by atoms with Crippen molar-refractivity contribution in [3.8, 4) is 17.1 Å². The van der Waals surface area contributed by atoms with Gasteiger partial charge in [0.15, 0.2) is 17.3 Å². The first kappa shape index (κ1) is 15.7. The van der Waals surface area contributed by atoms with E-state index in [9.17, 15) is 4.79 Å². The fourth-order valence-corrected chi connectivity index (χ4v) is 2.46. The zero-order valence-corrected chi connectivity index (χ0v) is 13.6. The molecule has 0 aliphatic rings. The topological polar surface area (TPSA) is 98.7 Å². The van der Waals surface area contributed by atoms with Crippen LogP contribution in [-0.2, 0) is 6.54 Å². The summed E-state index contributed by atoms with van der Waals surface area (Å²) in [6, 6.07) is 10.7. The maximum atomic E-state index is 12.4. The lowest BCUT2D eigenvalue weighted by atomic mass is 10.2. The highest BCUT2D eigenvalue weighted by Crippen LogP contribution is 2.19. The van der Waals surface area contributed by atoms with Crippen LogP contribution < -0.4 is 5.32 Å². The van der Waals surface area contributed by atoms with Crippen molar-refractivity contribution < 1.29 is 9.32 Å². The third kappa shape index (κ3) is 3.20. The Hall–Kier alpha value is -3.81. The first-order valence-electron chi connectivity index (χ1n) is 7.90. The van der Waals surface area contributed by atoms with Crippen LogP contribution in [0.4, 0.5) is 0 Å². The number of carbonyl (C=O) groups excluding carboxylic acids is 1. The van der Waals surface area contributed by atoms with E-state index in [4.69, 9.17) is 4.52 Å². The quantitative estimate of drug-likeness (QED) is 0.595. The summed E-state index contributed by atoms with van der Waals surface area (Å²) in [5, 5.41) is 10.8. The molecular weight excluding hydrogens is 332 g/mol. The van der Waals surface area contributed by atoms with Crippen LogP contribution in [0.1, 0.15) is 16.1 Å². The molecule has 0 saturated carbocycles. The van der Waals surface area contributed by atoms with Gasteiger partial charge in [0.25, 0.3) is 5.91 Å². The lowest BCUT2D eigenvalue weighted by molar-refractivity contribution is 0.0942. The Morgan fingerprint density at radius 1 is 1.15 bits per heavy atom. The molecule has 0 atom stereocenters. The van der Waals surface area contributed by atoms with Gasteiger partial charge in [-0.05, 0) is 24.3 Å². The molecule has 26 heavy (non-hydrogen) atoms. The van der Waals surface area contributed by atoms with Gasteiger partial charge in [-0.3, -0.25) is 9.78 Å². The number of aromatic nitrogens is 5. The lowest BCUT2D eigenvalue weighted by Gasteiger charge is -2.08. The Kier molecular flexibility index (Phi) is 4.21. The SMILES string of the molecule is O=C(NCc1cccnc1-n1cccn1)c1cc(-c2cccnc2)on1. The summed E-state index contributed by atoms with van der Waals surface area (Å²) in [5.74, 6) is 0.815. The average Bonchev–Trinajstić information content (AvgIpc) is 3.39. The number of nitrogens with zero attached hydrogens (tertiary/aromatic N) is 5. The minimum Gasteiger partial charge on any atom is -0.355 e. The summed E-state index contributed by atoms with van der Waals surface area (Å²) >= 11 is 0. The van der Waals surface area contributed by atoms with E-state index in [-0.39, 0.29) is 18.1 Å². The van der Waals surface area contributed by atoms with Gasteiger partial charge < -0.3 is 9.84 Å². The number of nitrogens with one attached hydrogen (secondary N) is 1. The Morgan fingerprint density at radius 2 is 2.08 bits per heavy atom. The van der Waals surface area contributed by atoms with Gasteiger partial charge in [-0.1, -0.05) is 11.2 Å². The highest BCUT2D eigenvalue weighted by Gasteiger charge is 2.14. The van der Waals surface area contributed by atoms with Crippen LogP contribution in [0.25, 0.3) is 17.1 Å². The van der Waals surface area contributed by atoms with Gasteiger partial charge in [-0.2, -0.15) is 5.10 Å². The van der Waals surface area contributed by atoms with Crippen molar-refractivity contribution >= 4 is 5.91 Å². The van der Waals surface area contributed by atoms with Crippen molar-refractivity contribution in [3.63, 3.8) is 0 Å². The molecule has 4 aromatic rings. The van der Waals surface area contributed by atoms with Gasteiger partial charge in [0.05, 0.1) is 0 Å². The summed E-state index contributed by atoms with van der Waals surface area (Å²) in [7, 11) is 0. The zero-order chi connectivity index (χ0) is 17.8. The number of hydrogen-bond acceptors (Lipinski definition) is 6. The number of rotatable bonds is 5. The average molecular weight is 346 g/mol. The summed E-state index contributed by atoms with van der Waals surface area (Å²) < 4.78 is 6.88. The summed E-state index contributed by atoms with van der Waals surface area (Å²) in [4.78, 5) is 20.7. The molecular formula is C18H14N6O2. The highest BCUT2D eigenvalue weighted by molar-refractivity contribution is 5.93. The summed E-state index contributed by atoms with van der Waals surface area (Å²) in [6.07, 6.45) is 8.46. The number of pyridine rings is 2. The molecule has 0 unspecified atom stereocenters. The highest BCUT2D eigenvalue weighted by atomic mass is 16.5. The molecule has 8 nitrogen and oxygen atoms in total. The maximum Gasteiger partial charge on any atom is 0.273 e. The number of amides is 1. The molecule has 0 aromatic carbocycles. The van der Waals surface area contributed by atoms with Crippen molar-refractivity contribution in [2.45, 2.75) is 6.54 Å². The Balaban J connectivity index is 1.48. The number of carbonyl (C=O) groups is 1. The number of hydrogen-bond donors (Lipinski definition) is 1. The van der Waals surface area contributed by atoms with Crippen molar-refractivity contribution in [2.24, 2.45) is 0 Å². The van der Waals surface area contributed by atoms with Crippen LogP contribution in [0.5, 0.6) is 0 Å². The van der Waals surface area contributed by atoms with Gasteiger partial charge in [-0.25, -0.2) is 9.67 Å². The molecule has 1 amide bonds. The van der Waals surface area contributed by atoms with Crippen LogP contribution in [0.3, 0.4) is 0 Å². The maximum absolute atomic E-state index is 12.4. The largest absolute Gasteiger partial charge is 0.355 e. The van der Waals surface area contributed by atoms with Crippen LogP contribution in [-0.4, -0.2) is 30.8 Å². The smallest absolute Gasteiger partial charge is 0.273 e. The zero-order valence-electron chi connectivity index (χ0n) is 13.6. The van der Waals surface area contributed by atoms with E-state index in [2.05, 4.69) is 25.5 Å². The molecule has 1 N–H and O–H groups in total. The van der Waals surface area contributed by atoms with Gasteiger partial charge >= 0.3 is 0 Å². The van der Waals surface area contributed by atoms with Crippen molar-refractivity contribution in [3.05, 3.63) is 78.6 Å². The van der Waals surface area contributed by atoms with E-state index in [1.54, 1.807) is 47.8 Å². The normalized spacial score (nSPS) is 10.6. The van der Waals surface area contributed by atoms with Gasteiger partial charge in [-0.15, -0.1) is 0 Å². The van der Waals surface area contributed by atoms with Crippen LogP contribution >= 0.6 is 0 Å². The molecule has 128 valence electrons. The fraction of sp³-hybridized carbons (Fsp3) is 0.0556. The molecule has 0 aliphatic carbocycles. The molecule has 0 aliphatic heterocycles. The van der Waals surface area contributed by atoms with E-state index in [1.165, 1.54) is 0 Å². The fourth-order valence-electron chi connectivity index (χ4n) is 2.46. The van der Waals surface area contributed by atoms with Gasteiger partial charge in [0.1, 0.15) is 0 Å². The van der Waals surface area contributed by atoms with Gasteiger partial charge in [0.2, 0.25) is 0 Å². The Bertz CT molecular complexity index is 1010. The molecule has 0 saturated heterocycles. The van der Waals surface area contributed by atoms with Gasteiger partial charge in [0, 0.05) is 54.7 Å². The molecule has 0 spiro atoms. The molecule has 4 aromatic heterocycles. The van der Waals surface area contributed by atoms with Crippen molar-refractivity contribution in [2.75, 3.05) is 0 Å². The molecule has 0 fully saturated rings. The Labute approximate surface area is 148 Å². The second kappa shape index (κ2) is 6.98. The standard InChI is InChI=1S/C18H14N6O2/c25-18(15-10-16(26-23-15)13-4-1-6-19-11-13)21-12-14-5-2-7-20-17(14)24-9-3-8-22-24/h1-11H,12H2,(H,21,25). The molecule has 4 rings (SSSR count). The summed E-state index contributed by atoms with van der Waals surface area (Å²) in [5.41, 5.74) is 1.79. The summed E-state index contributed by atoms with van der Waals surface area (Å²) in [6.45, 7) is 0.289. The minimum atomic E-state index is -0.334. The second-order valence-corrected chi connectivity index (χ2v) is 5.44. The first-order chi connectivity index (χ1) is 12.8.